The smallest absolute Gasteiger partial charge is 0.237 e. The van der Waals surface area contributed by atoms with Crippen LogP contribution < -0.4 is 5.32 Å². The Morgan fingerprint density at radius 3 is 2.37 bits per heavy atom. The summed E-state index contributed by atoms with van der Waals surface area (Å²) < 4.78 is 1.85. The van der Waals surface area contributed by atoms with Crippen molar-refractivity contribution in [3.05, 3.63) is 54.4 Å². The Morgan fingerprint density at radius 1 is 1.07 bits per heavy atom. The molecule has 138 valence electrons. The van der Waals surface area contributed by atoms with Crippen LogP contribution in [0.15, 0.2) is 53.9 Å². The number of Topliss-reactive ketones (excluding diaryl/α,β-unsaturated/α-hetero) is 1. The zero-order chi connectivity index (χ0) is 19.4. The lowest BCUT2D eigenvalue weighted by Crippen LogP contribution is -2.22. The Hall–Kier alpha value is -3.00. The minimum Gasteiger partial charge on any atom is -0.325 e. The van der Waals surface area contributed by atoms with Crippen LogP contribution in [-0.4, -0.2) is 36.7 Å². The number of hydrogen-bond acceptors (Lipinski definition) is 6. The van der Waals surface area contributed by atoms with Gasteiger partial charge in [0.25, 0.3) is 0 Å². The maximum atomic E-state index is 12.5. The molecule has 27 heavy (non-hydrogen) atoms. The topological polar surface area (TPSA) is 89.8 Å². The second kappa shape index (κ2) is 8.13. The van der Waals surface area contributed by atoms with Gasteiger partial charge in [-0.05, 0) is 50.2 Å². The third kappa shape index (κ3) is 4.40. The van der Waals surface area contributed by atoms with E-state index in [0.717, 1.165) is 5.56 Å². The van der Waals surface area contributed by atoms with Crippen molar-refractivity contribution in [2.24, 2.45) is 7.05 Å². The minimum atomic E-state index is -0.370. The molecule has 3 rings (SSSR count). The number of anilines is 1. The quantitative estimate of drug-likeness (QED) is 0.521. The summed E-state index contributed by atoms with van der Waals surface area (Å²) >= 11 is 1.33. The largest absolute Gasteiger partial charge is 0.325 e. The zero-order valence-electron chi connectivity index (χ0n) is 15.2. The number of carbonyl (C=O) groups is 2. The van der Waals surface area contributed by atoms with Crippen LogP contribution in [-0.2, 0) is 11.8 Å². The van der Waals surface area contributed by atoms with E-state index in [4.69, 9.17) is 0 Å². The van der Waals surface area contributed by atoms with Gasteiger partial charge in [0.2, 0.25) is 5.91 Å². The van der Waals surface area contributed by atoms with Crippen LogP contribution in [0.25, 0.3) is 11.4 Å². The van der Waals surface area contributed by atoms with Gasteiger partial charge in [0.05, 0.1) is 5.25 Å². The highest BCUT2D eigenvalue weighted by atomic mass is 32.2. The number of nitrogens with zero attached hydrogens (tertiary/aromatic N) is 4. The number of ketones is 1. The molecule has 1 atom stereocenters. The molecule has 1 aromatic carbocycles. The Balaban J connectivity index is 1.66. The summed E-state index contributed by atoms with van der Waals surface area (Å²) in [6, 6.07) is 10.5. The monoisotopic (exact) mass is 381 g/mol. The van der Waals surface area contributed by atoms with Gasteiger partial charge < -0.3 is 9.88 Å². The lowest BCUT2D eigenvalue weighted by atomic mass is 10.1. The molecule has 0 aliphatic heterocycles. The maximum absolute atomic E-state index is 12.5. The summed E-state index contributed by atoms with van der Waals surface area (Å²) in [5.41, 5.74) is 2.17. The van der Waals surface area contributed by atoms with Crippen LogP contribution in [0.2, 0.25) is 0 Å². The number of rotatable bonds is 6. The molecule has 0 aliphatic rings. The fourth-order valence-corrected chi connectivity index (χ4v) is 3.23. The Kier molecular flexibility index (Phi) is 5.66. The zero-order valence-corrected chi connectivity index (χ0v) is 16.0. The molecule has 7 nitrogen and oxygen atoms in total. The van der Waals surface area contributed by atoms with Gasteiger partial charge in [-0.1, -0.05) is 11.8 Å². The van der Waals surface area contributed by atoms with E-state index in [1.165, 1.54) is 18.7 Å². The molecule has 2 heterocycles. The number of carbonyl (C=O) groups excluding carboxylic acids is 2. The average molecular weight is 381 g/mol. The number of aromatic nitrogens is 4. The highest BCUT2D eigenvalue weighted by Crippen LogP contribution is 2.26. The van der Waals surface area contributed by atoms with Gasteiger partial charge in [0, 0.05) is 36.3 Å². The van der Waals surface area contributed by atoms with Crippen molar-refractivity contribution in [3.8, 4) is 11.4 Å². The molecule has 0 aliphatic carbocycles. The number of benzene rings is 1. The highest BCUT2D eigenvalue weighted by molar-refractivity contribution is 8.00. The van der Waals surface area contributed by atoms with E-state index in [0.29, 0.717) is 22.2 Å². The Morgan fingerprint density at radius 2 is 1.74 bits per heavy atom. The molecule has 1 unspecified atom stereocenters. The fourth-order valence-electron chi connectivity index (χ4n) is 2.41. The molecule has 2 aromatic heterocycles. The first kappa shape index (κ1) is 18.8. The minimum absolute atomic E-state index is 0.0101. The van der Waals surface area contributed by atoms with Gasteiger partial charge in [-0.25, -0.2) is 0 Å². The molecular formula is C19H19N5O2S. The van der Waals surface area contributed by atoms with Crippen LogP contribution in [0.3, 0.4) is 0 Å². The van der Waals surface area contributed by atoms with E-state index >= 15 is 0 Å². The van der Waals surface area contributed by atoms with Crippen LogP contribution in [0.5, 0.6) is 0 Å². The third-order valence-corrected chi connectivity index (χ3v) is 5.12. The SMILES string of the molecule is CC(=O)c1ccc(NC(=O)C(C)Sc2nnc(-c3ccncc3)n2C)cc1. The van der Waals surface area contributed by atoms with Gasteiger partial charge in [-0.3, -0.25) is 14.6 Å². The van der Waals surface area contributed by atoms with Gasteiger partial charge in [-0.2, -0.15) is 0 Å². The highest BCUT2D eigenvalue weighted by Gasteiger charge is 2.19. The second-order valence-corrected chi connectivity index (χ2v) is 7.29. The number of nitrogens with one attached hydrogen (secondary N) is 1. The van der Waals surface area contributed by atoms with E-state index in [1.54, 1.807) is 36.7 Å². The molecule has 3 aromatic rings. The summed E-state index contributed by atoms with van der Waals surface area (Å²) in [5, 5.41) is 11.5. The van der Waals surface area contributed by atoms with E-state index in [2.05, 4.69) is 20.5 Å². The molecule has 1 N–H and O–H groups in total. The molecule has 0 radical (unpaired) electrons. The predicted molar refractivity (Wildman–Crippen MR) is 105 cm³/mol. The van der Waals surface area contributed by atoms with E-state index < -0.39 is 0 Å². The molecular weight excluding hydrogens is 362 g/mol. The normalized spacial score (nSPS) is 11.8. The van der Waals surface area contributed by atoms with Crippen LogP contribution in [0.1, 0.15) is 24.2 Å². The molecule has 0 fully saturated rings. The summed E-state index contributed by atoms with van der Waals surface area (Å²) in [6.07, 6.45) is 3.40. The van der Waals surface area contributed by atoms with Crippen LogP contribution in [0, 0.1) is 0 Å². The second-order valence-electron chi connectivity index (χ2n) is 5.98. The van der Waals surface area contributed by atoms with Gasteiger partial charge in [-0.15, -0.1) is 10.2 Å². The van der Waals surface area contributed by atoms with Crippen LogP contribution in [0.4, 0.5) is 5.69 Å². The van der Waals surface area contributed by atoms with Crippen molar-refractivity contribution >= 4 is 29.1 Å². The third-order valence-electron chi connectivity index (χ3n) is 3.98. The van der Waals surface area contributed by atoms with E-state index in [9.17, 15) is 9.59 Å². The lowest BCUT2D eigenvalue weighted by Gasteiger charge is -2.12. The van der Waals surface area contributed by atoms with Gasteiger partial charge in [0.15, 0.2) is 16.8 Å². The maximum Gasteiger partial charge on any atom is 0.237 e. The summed E-state index contributed by atoms with van der Waals surface area (Å²) in [4.78, 5) is 27.8. The van der Waals surface area contributed by atoms with Crippen molar-refractivity contribution in [1.82, 2.24) is 19.7 Å². The number of hydrogen-bond donors (Lipinski definition) is 1. The standard InChI is InChI=1S/C19H19N5O2S/c1-12(25)14-4-6-16(7-5-14)21-18(26)13(2)27-19-23-22-17(24(19)3)15-8-10-20-11-9-15/h4-11,13H,1-3H3,(H,21,26). The summed E-state index contributed by atoms with van der Waals surface area (Å²) in [6.45, 7) is 3.32. The van der Waals surface area contributed by atoms with Crippen molar-refractivity contribution in [2.45, 2.75) is 24.3 Å². The predicted octanol–water partition coefficient (Wildman–Crippen LogP) is 3.20. The molecule has 0 saturated heterocycles. The summed E-state index contributed by atoms with van der Waals surface area (Å²) in [7, 11) is 1.86. The number of pyridine rings is 1. The van der Waals surface area contributed by atoms with E-state index in [-0.39, 0.29) is 16.9 Å². The summed E-state index contributed by atoms with van der Waals surface area (Å²) in [5.74, 6) is 0.556. The van der Waals surface area contributed by atoms with Crippen molar-refractivity contribution < 1.29 is 9.59 Å². The van der Waals surface area contributed by atoms with Crippen LogP contribution >= 0.6 is 11.8 Å². The molecule has 8 heteroatoms. The first-order chi connectivity index (χ1) is 13.0. The number of thioether (sulfide) groups is 1. The Bertz CT molecular complexity index is 954. The molecule has 0 bridgehead atoms. The van der Waals surface area contributed by atoms with Crippen molar-refractivity contribution in [3.63, 3.8) is 0 Å². The number of amides is 1. The fraction of sp³-hybridized carbons (Fsp3) is 0.211. The average Bonchev–Trinajstić information content (AvgIpc) is 3.03. The van der Waals surface area contributed by atoms with Crippen molar-refractivity contribution in [2.75, 3.05) is 5.32 Å². The molecule has 1 amide bonds. The lowest BCUT2D eigenvalue weighted by molar-refractivity contribution is -0.115. The Labute approximate surface area is 161 Å². The van der Waals surface area contributed by atoms with Crippen molar-refractivity contribution in [1.29, 1.82) is 0 Å². The van der Waals surface area contributed by atoms with E-state index in [1.807, 2.05) is 30.7 Å². The van der Waals surface area contributed by atoms with Gasteiger partial charge >= 0.3 is 0 Å². The molecule has 0 saturated carbocycles. The first-order valence-corrected chi connectivity index (χ1v) is 9.22. The first-order valence-electron chi connectivity index (χ1n) is 8.34. The molecule has 0 spiro atoms. The van der Waals surface area contributed by atoms with Gasteiger partial charge in [0.1, 0.15) is 0 Å².